The SMILES string of the molecule is CC/C=C(\CC(c1cc(Cl)ccc1N1CCN(CCCCCC)CC1)C(c1cc(F)ccc1C)c1ccc(Cl)cc1NC=O)NC. The molecule has 2 N–H and O–H groups in total. The topological polar surface area (TPSA) is 47.6 Å². The minimum atomic E-state index is -0.332. The van der Waals surface area contributed by atoms with Crippen molar-refractivity contribution >= 4 is 41.0 Å². The summed E-state index contributed by atoms with van der Waals surface area (Å²) in [4.78, 5) is 16.9. The van der Waals surface area contributed by atoms with Crippen molar-refractivity contribution in [1.29, 1.82) is 0 Å². The Kier molecular flexibility index (Phi) is 13.8. The molecule has 1 fully saturated rings. The molecule has 1 amide bonds. The molecule has 1 aliphatic heterocycles. The number of nitrogens with one attached hydrogen (secondary N) is 2. The molecule has 0 spiro atoms. The number of halogens is 3. The number of hydrogen-bond donors (Lipinski definition) is 2. The summed E-state index contributed by atoms with van der Waals surface area (Å²) in [6.45, 7) is 11.4. The van der Waals surface area contributed by atoms with Gasteiger partial charge in [0.1, 0.15) is 5.82 Å². The summed E-state index contributed by atoms with van der Waals surface area (Å²) < 4.78 is 15.1. The normalized spacial score (nSPS) is 15.5. The number of carbonyl (C=O) groups is 1. The average molecular weight is 668 g/mol. The maximum absolute atomic E-state index is 15.1. The van der Waals surface area contributed by atoms with E-state index in [0.717, 1.165) is 72.8 Å². The molecule has 2 unspecified atom stereocenters. The van der Waals surface area contributed by atoms with E-state index in [2.05, 4.69) is 52.5 Å². The molecule has 46 heavy (non-hydrogen) atoms. The lowest BCUT2D eigenvalue weighted by Crippen LogP contribution is -2.47. The van der Waals surface area contributed by atoms with Gasteiger partial charge in [-0.25, -0.2) is 4.39 Å². The predicted molar refractivity (Wildman–Crippen MR) is 193 cm³/mol. The lowest BCUT2D eigenvalue weighted by Gasteiger charge is -2.39. The van der Waals surface area contributed by atoms with E-state index < -0.39 is 0 Å². The minimum absolute atomic E-state index is 0.167. The molecule has 0 aromatic heterocycles. The zero-order chi connectivity index (χ0) is 33.1. The Labute approximate surface area is 285 Å². The quantitative estimate of drug-likeness (QED) is 0.118. The monoisotopic (exact) mass is 666 g/mol. The van der Waals surface area contributed by atoms with E-state index in [0.29, 0.717) is 28.6 Å². The highest BCUT2D eigenvalue weighted by atomic mass is 35.5. The van der Waals surface area contributed by atoms with Gasteiger partial charge in [0.2, 0.25) is 6.41 Å². The molecule has 1 heterocycles. The standard InChI is InChI=1S/C38H49Cl2FN4O/c1-5-7-8-9-17-44-18-20-45(21-19-44)37-16-13-28(39)22-34(37)35(25-31(42-4)10-6-2)38(33-24-30(41)14-11-27(33)3)32-15-12-29(40)23-36(32)43-26-46/h10-16,22-24,26,35,38,42H,5-9,17-21,25H2,1-4H3,(H,43,46)/b31-10+. The van der Waals surface area contributed by atoms with Crippen LogP contribution in [0.2, 0.25) is 10.0 Å². The first kappa shape index (κ1) is 35.8. The van der Waals surface area contributed by atoms with Crippen molar-refractivity contribution in [3.8, 4) is 0 Å². The predicted octanol–water partition coefficient (Wildman–Crippen LogP) is 9.53. The van der Waals surface area contributed by atoms with Crippen molar-refractivity contribution in [1.82, 2.24) is 10.2 Å². The van der Waals surface area contributed by atoms with E-state index in [1.54, 1.807) is 12.1 Å². The van der Waals surface area contributed by atoms with Crippen LogP contribution in [0.25, 0.3) is 0 Å². The zero-order valence-corrected chi connectivity index (χ0v) is 29.2. The van der Waals surface area contributed by atoms with Gasteiger partial charge in [-0.3, -0.25) is 9.69 Å². The largest absolute Gasteiger partial charge is 0.392 e. The van der Waals surface area contributed by atoms with E-state index >= 15 is 4.39 Å². The third-order valence-electron chi connectivity index (χ3n) is 9.18. The molecule has 1 aliphatic rings. The van der Waals surface area contributed by atoms with Gasteiger partial charge >= 0.3 is 0 Å². The van der Waals surface area contributed by atoms with Crippen molar-refractivity contribution in [3.05, 3.63) is 104 Å². The maximum Gasteiger partial charge on any atom is 0.211 e. The number of benzene rings is 3. The molecular formula is C38H49Cl2FN4O. The molecule has 0 radical (unpaired) electrons. The number of unbranched alkanes of at least 4 members (excludes halogenated alkanes) is 3. The minimum Gasteiger partial charge on any atom is -0.392 e. The van der Waals surface area contributed by atoms with Gasteiger partial charge in [-0.15, -0.1) is 0 Å². The molecule has 0 aliphatic carbocycles. The molecule has 3 aromatic carbocycles. The highest BCUT2D eigenvalue weighted by molar-refractivity contribution is 6.31. The van der Waals surface area contributed by atoms with Crippen molar-refractivity contribution in [2.24, 2.45) is 0 Å². The lowest BCUT2D eigenvalue weighted by molar-refractivity contribution is -0.105. The van der Waals surface area contributed by atoms with E-state index in [4.69, 9.17) is 23.2 Å². The summed E-state index contributed by atoms with van der Waals surface area (Å²) in [6, 6.07) is 16.7. The summed E-state index contributed by atoms with van der Waals surface area (Å²) in [5.41, 5.74) is 6.63. The van der Waals surface area contributed by atoms with Crippen molar-refractivity contribution in [3.63, 3.8) is 0 Å². The second kappa shape index (κ2) is 17.7. The Hall–Kier alpha value is -3.06. The van der Waals surface area contributed by atoms with E-state index in [-0.39, 0.29) is 17.7 Å². The first-order valence-corrected chi connectivity index (χ1v) is 17.4. The number of amides is 1. The molecule has 2 atom stereocenters. The number of allylic oxidation sites excluding steroid dienone is 2. The fourth-order valence-electron chi connectivity index (χ4n) is 6.80. The third-order valence-corrected chi connectivity index (χ3v) is 9.66. The number of nitrogens with zero attached hydrogens (tertiary/aromatic N) is 2. The smallest absolute Gasteiger partial charge is 0.211 e. The highest BCUT2D eigenvalue weighted by Gasteiger charge is 2.34. The summed E-state index contributed by atoms with van der Waals surface area (Å²) >= 11 is 13.2. The molecule has 8 heteroatoms. The van der Waals surface area contributed by atoms with Crippen LogP contribution < -0.4 is 15.5 Å². The van der Waals surface area contributed by atoms with Crippen LogP contribution in [0.5, 0.6) is 0 Å². The zero-order valence-electron chi connectivity index (χ0n) is 27.7. The Bertz CT molecular complexity index is 1470. The van der Waals surface area contributed by atoms with Gasteiger partial charge < -0.3 is 15.5 Å². The number of rotatable bonds is 16. The lowest BCUT2D eigenvalue weighted by atomic mass is 9.72. The molecular weight excluding hydrogens is 618 g/mol. The molecule has 5 nitrogen and oxygen atoms in total. The van der Waals surface area contributed by atoms with Gasteiger partial charge in [0.25, 0.3) is 0 Å². The van der Waals surface area contributed by atoms with Crippen LogP contribution in [0, 0.1) is 12.7 Å². The van der Waals surface area contributed by atoms with Crippen LogP contribution in [0.1, 0.15) is 86.5 Å². The summed E-state index contributed by atoms with van der Waals surface area (Å²) in [5.74, 6) is -0.802. The Morgan fingerprint density at radius 2 is 1.65 bits per heavy atom. The van der Waals surface area contributed by atoms with E-state index in [1.807, 2.05) is 38.2 Å². The van der Waals surface area contributed by atoms with Crippen molar-refractivity contribution in [2.45, 2.75) is 71.1 Å². The first-order chi connectivity index (χ1) is 22.3. The Morgan fingerprint density at radius 3 is 2.35 bits per heavy atom. The average Bonchev–Trinajstić information content (AvgIpc) is 3.05. The molecule has 0 saturated carbocycles. The first-order valence-electron chi connectivity index (χ1n) is 16.7. The maximum atomic E-state index is 15.1. The molecule has 4 rings (SSSR count). The number of piperazine rings is 1. The van der Waals surface area contributed by atoms with Crippen molar-refractivity contribution in [2.75, 3.05) is 50.0 Å². The number of hydrogen-bond acceptors (Lipinski definition) is 4. The van der Waals surface area contributed by atoms with Gasteiger partial charge in [0.05, 0.1) is 0 Å². The molecule has 3 aromatic rings. The van der Waals surface area contributed by atoms with Crippen LogP contribution in [0.15, 0.2) is 66.4 Å². The van der Waals surface area contributed by atoms with Gasteiger partial charge in [-0.05, 0) is 97.4 Å². The summed E-state index contributed by atoms with van der Waals surface area (Å²) in [7, 11) is 1.95. The van der Waals surface area contributed by atoms with Crippen LogP contribution in [0.3, 0.4) is 0 Å². The summed E-state index contributed by atoms with van der Waals surface area (Å²) in [6.07, 6.45) is 9.46. The van der Waals surface area contributed by atoms with Gasteiger partial charge in [-0.2, -0.15) is 0 Å². The summed E-state index contributed by atoms with van der Waals surface area (Å²) in [5, 5.41) is 7.48. The van der Waals surface area contributed by atoms with Crippen molar-refractivity contribution < 1.29 is 9.18 Å². The molecule has 0 bridgehead atoms. The second-order valence-corrected chi connectivity index (χ2v) is 13.1. The van der Waals surface area contributed by atoms with E-state index in [9.17, 15) is 4.79 Å². The fraction of sp³-hybridized carbons (Fsp3) is 0.447. The van der Waals surface area contributed by atoms with E-state index in [1.165, 1.54) is 31.7 Å². The van der Waals surface area contributed by atoms with Gasteiger partial charge in [-0.1, -0.05) is 74.5 Å². The third kappa shape index (κ3) is 9.27. The van der Waals surface area contributed by atoms with Crippen LogP contribution >= 0.6 is 23.2 Å². The van der Waals surface area contributed by atoms with Crippen LogP contribution in [-0.4, -0.2) is 51.1 Å². The van der Waals surface area contributed by atoms with Gasteiger partial charge in [0.15, 0.2) is 0 Å². The van der Waals surface area contributed by atoms with Gasteiger partial charge in [0, 0.05) is 72.2 Å². The fourth-order valence-corrected chi connectivity index (χ4v) is 7.15. The molecule has 248 valence electrons. The number of anilines is 2. The van der Waals surface area contributed by atoms with Crippen LogP contribution in [0.4, 0.5) is 15.8 Å². The number of carbonyl (C=O) groups excluding carboxylic acids is 1. The highest BCUT2D eigenvalue weighted by Crippen LogP contribution is 2.49. The Morgan fingerprint density at radius 1 is 0.913 bits per heavy atom. The Balaban J connectivity index is 1.87. The van der Waals surface area contributed by atoms with Crippen LogP contribution in [-0.2, 0) is 4.79 Å². The molecule has 1 saturated heterocycles. The second-order valence-electron chi connectivity index (χ2n) is 12.3. The number of aryl methyl sites for hydroxylation is 1.